The molecular weight excluding hydrogens is 306 g/mol. The van der Waals surface area contributed by atoms with E-state index in [0.717, 1.165) is 12.1 Å². The summed E-state index contributed by atoms with van der Waals surface area (Å²) in [4.78, 5) is 11.8. The number of hydrogen-bond donors (Lipinski definition) is 2. The highest BCUT2D eigenvalue weighted by molar-refractivity contribution is 6.01. The van der Waals surface area contributed by atoms with Crippen LogP contribution >= 0.6 is 0 Å². The number of anilines is 3. The summed E-state index contributed by atoms with van der Waals surface area (Å²) in [6, 6.07) is 9.45. The molecule has 6 nitrogen and oxygen atoms in total. The first-order valence-corrected chi connectivity index (χ1v) is 6.53. The maximum absolute atomic E-state index is 13.5. The highest BCUT2D eigenvalue weighted by Crippen LogP contribution is 2.22. The average Bonchev–Trinajstić information content (AvgIpc) is 3.07. The SMILES string of the molecule is O=C(Nc1ccc(Nc2c(F)cccc2F)nn1)c1ccco1. The van der Waals surface area contributed by atoms with Crippen LogP contribution in [0.3, 0.4) is 0 Å². The lowest BCUT2D eigenvalue weighted by atomic mass is 10.3. The van der Waals surface area contributed by atoms with Crippen molar-refractivity contribution in [1.29, 1.82) is 0 Å². The van der Waals surface area contributed by atoms with Crippen LogP contribution in [0.2, 0.25) is 0 Å². The van der Waals surface area contributed by atoms with Crippen LogP contribution in [-0.2, 0) is 0 Å². The minimum atomic E-state index is -0.748. The number of furan rings is 1. The van der Waals surface area contributed by atoms with E-state index in [0.29, 0.717) is 0 Å². The molecule has 0 bridgehead atoms. The minimum Gasteiger partial charge on any atom is -0.459 e. The van der Waals surface area contributed by atoms with Gasteiger partial charge in [0.05, 0.1) is 6.26 Å². The Hall–Kier alpha value is -3.29. The van der Waals surface area contributed by atoms with E-state index in [1.165, 1.54) is 30.5 Å². The molecule has 1 aromatic carbocycles. The lowest BCUT2D eigenvalue weighted by Gasteiger charge is -2.08. The number of carbonyl (C=O) groups is 1. The smallest absolute Gasteiger partial charge is 0.292 e. The molecule has 2 aromatic heterocycles. The first-order valence-electron chi connectivity index (χ1n) is 6.53. The monoisotopic (exact) mass is 316 g/mol. The van der Waals surface area contributed by atoms with Gasteiger partial charge in [-0.3, -0.25) is 4.79 Å². The van der Waals surface area contributed by atoms with Crippen molar-refractivity contribution in [3.05, 3.63) is 66.1 Å². The lowest BCUT2D eigenvalue weighted by Crippen LogP contribution is -2.12. The Labute approximate surface area is 129 Å². The second kappa shape index (κ2) is 6.22. The number of halogens is 2. The Morgan fingerprint density at radius 2 is 1.65 bits per heavy atom. The number of nitrogens with zero attached hydrogens (tertiary/aromatic N) is 2. The molecule has 2 heterocycles. The van der Waals surface area contributed by atoms with Gasteiger partial charge in [-0.2, -0.15) is 0 Å². The standard InChI is InChI=1S/C15H10F2N4O2/c16-9-3-1-4-10(17)14(9)18-12-6-7-13(21-20-12)19-15(22)11-5-2-8-23-11/h1-8H,(H,18,20)(H,19,21,22). The predicted octanol–water partition coefficient (Wildman–Crippen LogP) is 3.34. The van der Waals surface area contributed by atoms with Crippen LogP contribution in [0.5, 0.6) is 0 Å². The van der Waals surface area contributed by atoms with Gasteiger partial charge in [-0.25, -0.2) is 8.78 Å². The van der Waals surface area contributed by atoms with Crippen LogP contribution in [0.1, 0.15) is 10.6 Å². The van der Waals surface area contributed by atoms with Crippen LogP contribution in [0.25, 0.3) is 0 Å². The third-order valence-corrected chi connectivity index (χ3v) is 2.87. The zero-order valence-electron chi connectivity index (χ0n) is 11.6. The fraction of sp³-hybridized carbons (Fsp3) is 0. The minimum absolute atomic E-state index is 0.127. The number of para-hydroxylation sites is 1. The van der Waals surface area contributed by atoms with Crippen LogP contribution in [0, 0.1) is 11.6 Å². The second-order valence-corrected chi connectivity index (χ2v) is 4.46. The second-order valence-electron chi connectivity index (χ2n) is 4.46. The summed E-state index contributed by atoms with van der Waals surface area (Å²) < 4.78 is 32.0. The summed E-state index contributed by atoms with van der Waals surface area (Å²) in [5.74, 6) is -1.55. The van der Waals surface area contributed by atoms with Gasteiger partial charge in [0.15, 0.2) is 17.4 Å². The molecule has 2 N–H and O–H groups in total. The first kappa shape index (κ1) is 14.6. The van der Waals surface area contributed by atoms with E-state index in [9.17, 15) is 13.6 Å². The van der Waals surface area contributed by atoms with E-state index in [4.69, 9.17) is 4.42 Å². The zero-order chi connectivity index (χ0) is 16.2. The maximum atomic E-state index is 13.5. The molecule has 8 heteroatoms. The summed E-state index contributed by atoms with van der Waals surface area (Å²) in [6.07, 6.45) is 1.37. The van der Waals surface area contributed by atoms with Gasteiger partial charge in [-0.1, -0.05) is 6.07 Å². The summed E-state index contributed by atoms with van der Waals surface area (Å²) >= 11 is 0. The summed E-state index contributed by atoms with van der Waals surface area (Å²) in [5, 5.41) is 12.5. The largest absolute Gasteiger partial charge is 0.459 e. The van der Waals surface area contributed by atoms with Crippen molar-refractivity contribution in [2.75, 3.05) is 10.6 Å². The Kier molecular flexibility index (Phi) is 3.96. The average molecular weight is 316 g/mol. The molecule has 0 spiro atoms. The first-order chi connectivity index (χ1) is 11.1. The van der Waals surface area contributed by atoms with Crippen molar-refractivity contribution >= 4 is 23.2 Å². The van der Waals surface area contributed by atoms with Gasteiger partial charge in [0.25, 0.3) is 5.91 Å². The number of amides is 1. The number of nitrogens with one attached hydrogen (secondary N) is 2. The maximum Gasteiger partial charge on any atom is 0.292 e. The van der Waals surface area contributed by atoms with E-state index in [-0.39, 0.29) is 23.1 Å². The van der Waals surface area contributed by atoms with Crippen LogP contribution in [0.15, 0.2) is 53.1 Å². The molecule has 0 saturated heterocycles. The van der Waals surface area contributed by atoms with E-state index in [1.54, 1.807) is 6.07 Å². The van der Waals surface area contributed by atoms with E-state index < -0.39 is 17.5 Å². The van der Waals surface area contributed by atoms with E-state index in [2.05, 4.69) is 20.8 Å². The molecule has 0 aliphatic heterocycles. The van der Waals surface area contributed by atoms with E-state index >= 15 is 0 Å². The lowest BCUT2D eigenvalue weighted by molar-refractivity contribution is 0.0996. The molecule has 116 valence electrons. The quantitative estimate of drug-likeness (QED) is 0.771. The van der Waals surface area contributed by atoms with Crippen molar-refractivity contribution in [3.8, 4) is 0 Å². The van der Waals surface area contributed by atoms with Crippen molar-refractivity contribution in [2.45, 2.75) is 0 Å². The molecule has 0 saturated carbocycles. The number of aromatic nitrogens is 2. The molecule has 3 rings (SSSR count). The van der Waals surface area contributed by atoms with Crippen LogP contribution < -0.4 is 10.6 Å². The highest BCUT2D eigenvalue weighted by atomic mass is 19.1. The number of benzene rings is 1. The predicted molar refractivity (Wildman–Crippen MR) is 78.3 cm³/mol. The number of rotatable bonds is 4. The van der Waals surface area contributed by atoms with Crippen molar-refractivity contribution in [2.24, 2.45) is 0 Å². The molecule has 0 radical (unpaired) electrons. The zero-order valence-corrected chi connectivity index (χ0v) is 11.6. The van der Waals surface area contributed by atoms with Crippen molar-refractivity contribution < 1.29 is 18.0 Å². The third kappa shape index (κ3) is 3.31. The summed E-state index contributed by atoms with van der Waals surface area (Å²) in [7, 11) is 0. The molecule has 0 aliphatic rings. The van der Waals surface area contributed by atoms with Crippen LogP contribution in [0.4, 0.5) is 26.1 Å². The fourth-order valence-corrected chi connectivity index (χ4v) is 1.80. The van der Waals surface area contributed by atoms with Gasteiger partial charge in [0.2, 0.25) is 0 Å². The van der Waals surface area contributed by atoms with Crippen LogP contribution in [-0.4, -0.2) is 16.1 Å². The topological polar surface area (TPSA) is 80.0 Å². The Bertz CT molecular complexity index is 800. The molecule has 0 aliphatic carbocycles. The summed E-state index contributed by atoms with van der Waals surface area (Å²) in [5.41, 5.74) is -0.325. The third-order valence-electron chi connectivity index (χ3n) is 2.87. The van der Waals surface area contributed by atoms with Crippen molar-refractivity contribution in [1.82, 2.24) is 10.2 Å². The fourth-order valence-electron chi connectivity index (χ4n) is 1.80. The molecule has 3 aromatic rings. The van der Waals surface area contributed by atoms with E-state index in [1.807, 2.05) is 0 Å². The Balaban J connectivity index is 1.71. The van der Waals surface area contributed by atoms with Gasteiger partial charge in [0.1, 0.15) is 17.3 Å². The molecule has 23 heavy (non-hydrogen) atoms. The Morgan fingerprint density at radius 1 is 0.957 bits per heavy atom. The normalized spacial score (nSPS) is 10.3. The number of hydrogen-bond acceptors (Lipinski definition) is 5. The molecule has 0 fully saturated rings. The van der Waals surface area contributed by atoms with Gasteiger partial charge in [0, 0.05) is 0 Å². The summed E-state index contributed by atoms with van der Waals surface area (Å²) in [6.45, 7) is 0. The molecule has 0 atom stereocenters. The molecular formula is C15H10F2N4O2. The van der Waals surface area contributed by atoms with Crippen molar-refractivity contribution in [3.63, 3.8) is 0 Å². The number of carbonyl (C=O) groups excluding carboxylic acids is 1. The van der Waals surface area contributed by atoms with Gasteiger partial charge < -0.3 is 15.1 Å². The Morgan fingerprint density at radius 3 is 2.26 bits per heavy atom. The molecule has 0 unspecified atom stereocenters. The molecule has 1 amide bonds. The highest BCUT2D eigenvalue weighted by Gasteiger charge is 2.11. The van der Waals surface area contributed by atoms with Gasteiger partial charge in [-0.05, 0) is 36.4 Å². The van der Waals surface area contributed by atoms with Gasteiger partial charge >= 0.3 is 0 Å². The van der Waals surface area contributed by atoms with Gasteiger partial charge in [-0.15, -0.1) is 10.2 Å².